The molecule has 0 aromatic rings. The smallest absolute Gasteiger partial charge is 0.0975 e. The fraction of sp³-hybridized carbons (Fsp3) is 1.00. The normalized spacial score (nSPS) is 31.2. The predicted octanol–water partition coefficient (Wildman–Crippen LogP) is -0.175. The molecule has 0 aromatic carbocycles. The largest absolute Gasteiger partial charge is 0.393 e. The van der Waals surface area contributed by atoms with E-state index in [-0.39, 0.29) is 6.61 Å². The van der Waals surface area contributed by atoms with E-state index >= 15 is 0 Å². The van der Waals surface area contributed by atoms with Crippen molar-refractivity contribution in [1.29, 1.82) is 0 Å². The van der Waals surface area contributed by atoms with Crippen LogP contribution >= 0.6 is 0 Å². The van der Waals surface area contributed by atoms with Crippen LogP contribution in [0.4, 0.5) is 0 Å². The molecule has 1 heterocycles. The summed E-state index contributed by atoms with van der Waals surface area (Å²) in [6, 6.07) is 0. The lowest BCUT2D eigenvalue weighted by molar-refractivity contribution is -0.0555. The zero-order valence-corrected chi connectivity index (χ0v) is 7.58. The molecule has 1 atom stereocenters. The van der Waals surface area contributed by atoms with Crippen LogP contribution in [0.3, 0.4) is 0 Å². The minimum Gasteiger partial charge on any atom is -0.393 e. The van der Waals surface area contributed by atoms with Gasteiger partial charge in [-0.15, -0.1) is 0 Å². The lowest BCUT2D eigenvalue weighted by Gasteiger charge is -2.43. The third kappa shape index (κ3) is 1.49. The van der Waals surface area contributed by atoms with Gasteiger partial charge in [-0.3, -0.25) is 4.90 Å². The van der Waals surface area contributed by atoms with Gasteiger partial charge in [0.2, 0.25) is 0 Å². The Bertz CT molecular complexity index is 179. The molecule has 2 rings (SSSR count). The molecule has 2 aliphatic rings. The molecular weight excluding hydrogens is 154 g/mol. The number of rotatable bonds is 3. The molecule has 2 N–H and O–H groups in total. The molecule has 1 saturated heterocycles. The van der Waals surface area contributed by atoms with E-state index in [0.717, 1.165) is 13.1 Å². The average Bonchev–Trinajstić information content (AvgIpc) is 2.66. The van der Waals surface area contributed by atoms with E-state index in [9.17, 15) is 5.11 Å². The number of likely N-dealkylation sites (tertiary alicyclic amines) is 1. The van der Waals surface area contributed by atoms with Crippen molar-refractivity contribution in [3.8, 4) is 0 Å². The third-order valence-corrected chi connectivity index (χ3v) is 2.98. The van der Waals surface area contributed by atoms with Gasteiger partial charge in [0.05, 0.1) is 12.2 Å². The summed E-state index contributed by atoms with van der Waals surface area (Å²) >= 11 is 0. The van der Waals surface area contributed by atoms with E-state index in [0.29, 0.717) is 12.0 Å². The Morgan fingerprint density at radius 2 is 2.00 bits per heavy atom. The average molecular weight is 171 g/mol. The molecule has 1 aliphatic carbocycles. The summed E-state index contributed by atoms with van der Waals surface area (Å²) < 4.78 is 0. The standard InChI is InChI=1S/C9H17NO2/c1-8(12,7-11)4-10-5-9(6-10)2-3-9/h11-12H,2-7H2,1H3. The Morgan fingerprint density at radius 3 is 2.42 bits per heavy atom. The summed E-state index contributed by atoms with van der Waals surface area (Å²) in [5.41, 5.74) is -0.262. The van der Waals surface area contributed by atoms with Crippen molar-refractivity contribution in [3.63, 3.8) is 0 Å². The zero-order chi connectivity index (χ0) is 8.82. The highest BCUT2D eigenvalue weighted by molar-refractivity contribution is 5.06. The summed E-state index contributed by atoms with van der Waals surface area (Å²) in [5, 5.41) is 18.4. The molecule has 2 fully saturated rings. The molecule has 3 heteroatoms. The van der Waals surface area contributed by atoms with E-state index in [1.54, 1.807) is 6.92 Å². The summed E-state index contributed by atoms with van der Waals surface area (Å²) in [6.45, 7) is 4.42. The number of β-amino-alcohol motifs (C(OH)–C–C–N with tert-alkyl or cyclic N) is 1. The first-order valence-corrected chi connectivity index (χ1v) is 4.61. The Kier molecular flexibility index (Phi) is 1.72. The van der Waals surface area contributed by atoms with Gasteiger partial charge in [-0.2, -0.15) is 0 Å². The molecule has 3 nitrogen and oxygen atoms in total. The fourth-order valence-electron chi connectivity index (χ4n) is 2.04. The molecule has 1 aliphatic heterocycles. The first-order valence-electron chi connectivity index (χ1n) is 4.61. The van der Waals surface area contributed by atoms with Crippen LogP contribution in [-0.2, 0) is 0 Å². The van der Waals surface area contributed by atoms with Crippen LogP contribution in [0.1, 0.15) is 19.8 Å². The number of aliphatic hydroxyl groups excluding tert-OH is 1. The van der Waals surface area contributed by atoms with Crippen molar-refractivity contribution in [2.45, 2.75) is 25.4 Å². The highest BCUT2D eigenvalue weighted by Gasteiger charge is 2.52. The van der Waals surface area contributed by atoms with Gasteiger partial charge in [0.15, 0.2) is 0 Å². The summed E-state index contributed by atoms with van der Waals surface area (Å²) in [5.74, 6) is 0. The zero-order valence-electron chi connectivity index (χ0n) is 7.58. The van der Waals surface area contributed by atoms with Crippen LogP contribution in [0.25, 0.3) is 0 Å². The Balaban J connectivity index is 1.75. The maximum absolute atomic E-state index is 9.56. The first kappa shape index (κ1) is 8.48. The number of nitrogens with zero attached hydrogens (tertiary/aromatic N) is 1. The quantitative estimate of drug-likeness (QED) is 0.619. The molecule has 1 spiro atoms. The van der Waals surface area contributed by atoms with Crippen LogP contribution in [0, 0.1) is 5.41 Å². The number of aliphatic hydroxyl groups is 2. The lowest BCUT2D eigenvalue weighted by atomic mass is 9.94. The molecule has 12 heavy (non-hydrogen) atoms. The van der Waals surface area contributed by atoms with E-state index < -0.39 is 5.60 Å². The molecule has 0 bridgehead atoms. The van der Waals surface area contributed by atoms with Gasteiger partial charge < -0.3 is 10.2 Å². The molecule has 1 saturated carbocycles. The second-order valence-electron chi connectivity index (χ2n) is 4.80. The number of hydrogen-bond donors (Lipinski definition) is 2. The molecule has 0 amide bonds. The van der Waals surface area contributed by atoms with Gasteiger partial charge in [0, 0.05) is 19.6 Å². The molecule has 0 radical (unpaired) electrons. The van der Waals surface area contributed by atoms with Crippen molar-refractivity contribution in [3.05, 3.63) is 0 Å². The highest BCUT2D eigenvalue weighted by atomic mass is 16.3. The SMILES string of the molecule is CC(O)(CO)CN1CC2(CC2)C1. The van der Waals surface area contributed by atoms with Crippen LogP contribution in [0.15, 0.2) is 0 Å². The van der Waals surface area contributed by atoms with Gasteiger partial charge in [-0.25, -0.2) is 0 Å². The van der Waals surface area contributed by atoms with E-state index in [2.05, 4.69) is 4.90 Å². The lowest BCUT2D eigenvalue weighted by Crippen LogP contribution is -2.55. The van der Waals surface area contributed by atoms with Crippen molar-refractivity contribution in [2.75, 3.05) is 26.2 Å². The molecule has 70 valence electrons. The summed E-state index contributed by atoms with van der Waals surface area (Å²) in [6.07, 6.45) is 2.73. The third-order valence-electron chi connectivity index (χ3n) is 2.98. The fourth-order valence-corrected chi connectivity index (χ4v) is 2.04. The first-order chi connectivity index (χ1) is 5.55. The minimum absolute atomic E-state index is 0.142. The van der Waals surface area contributed by atoms with Crippen molar-refractivity contribution in [1.82, 2.24) is 4.90 Å². The number of hydrogen-bond acceptors (Lipinski definition) is 3. The maximum Gasteiger partial charge on any atom is 0.0975 e. The second-order valence-corrected chi connectivity index (χ2v) is 4.80. The van der Waals surface area contributed by atoms with Crippen LogP contribution in [0.5, 0.6) is 0 Å². The van der Waals surface area contributed by atoms with Gasteiger partial charge in [0.1, 0.15) is 0 Å². The van der Waals surface area contributed by atoms with Gasteiger partial charge in [-0.05, 0) is 25.2 Å². The van der Waals surface area contributed by atoms with Crippen LogP contribution in [-0.4, -0.2) is 47.0 Å². The minimum atomic E-state index is -0.906. The van der Waals surface area contributed by atoms with Gasteiger partial charge in [0.25, 0.3) is 0 Å². The van der Waals surface area contributed by atoms with Gasteiger partial charge >= 0.3 is 0 Å². The second kappa shape index (κ2) is 2.44. The van der Waals surface area contributed by atoms with Gasteiger partial charge in [-0.1, -0.05) is 0 Å². The topological polar surface area (TPSA) is 43.7 Å². The Hall–Kier alpha value is -0.120. The van der Waals surface area contributed by atoms with E-state index in [1.807, 2.05) is 0 Å². The molecule has 1 unspecified atom stereocenters. The highest BCUT2D eigenvalue weighted by Crippen LogP contribution is 2.52. The monoisotopic (exact) mass is 171 g/mol. The van der Waals surface area contributed by atoms with Crippen molar-refractivity contribution in [2.24, 2.45) is 5.41 Å². The van der Waals surface area contributed by atoms with Crippen molar-refractivity contribution < 1.29 is 10.2 Å². The predicted molar refractivity (Wildman–Crippen MR) is 45.8 cm³/mol. The van der Waals surface area contributed by atoms with Crippen molar-refractivity contribution >= 4 is 0 Å². The van der Waals surface area contributed by atoms with E-state index in [1.165, 1.54) is 12.8 Å². The molecule has 0 aromatic heterocycles. The molecular formula is C9H17NO2. The van der Waals surface area contributed by atoms with Crippen LogP contribution in [0.2, 0.25) is 0 Å². The Morgan fingerprint density at radius 1 is 1.42 bits per heavy atom. The maximum atomic E-state index is 9.56. The summed E-state index contributed by atoms with van der Waals surface area (Å²) in [4.78, 5) is 2.23. The summed E-state index contributed by atoms with van der Waals surface area (Å²) in [7, 11) is 0. The van der Waals surface area contributed by atoms with Crippen LogP contribution < -0.4 is 0 Å². The van der Waals surface area contributed by atoms with E-state index in [4.69, 9.17) is 5.11 Å². The Labute approximate surface area is 73.0 Å².